The summed E-state index contributed by atoms with van der Waals surface area (Å²) in [5.41, 5.74) is 1.95. The number of hydrogen-bond donors (Lipinski definition) is 0. The van der Waals surface area contributed by atoms with E-state index in [-0.39, 0.29) is 5.91 Å². The van der Waals surface area contributed by atoms with E-state index in [4.69, 9.17) is 11.6 Å². The molecule has 1 saturated heterocycles. The molecule has 0 aliphatic carbocycles. The van der Waals surface area contributed by atoms with E-state index in [1.807, 2.05) is 35.2 Å². The van der Waals surface area contributed by atoms with Crippen LogP contribution in [0.3, 0.4) is 0 Å². The Morgan fingerprint density at radius 1 is 1.26 bits per heavy atom. The molecule has 1 fully saturated rings. The van der Waals surface area contributed by atoms with Crippen molar-refractivity contribution >= 4 is 34.5 Å². The van der Waals surface area contributed by atoms with Gasteiger partial charge in [0.25, 0.3) is 0 Å². The number of carbonyl (C=O) groups is 1. The maximum absolute atomic E-state index is 11.9. The van der Waals surface area contributed by atoms with E-state index in [0.717, 1.165) is 39.9 Å². The van der Waals surface area contributed by atoms with Crippen molar-refractivity contribution in [2.45, 2.75) is 19.3 Å². The van der Waals surface area contributed by atoms with Gasteiger partial charge in [-0.3, -0.25) is 4.79 Å². The van der Waals surface area contributed by atoms with Crippen molar-refractivity contribution in [3.63, 3.8) is 0 Å². The van der Waals surface area contributed by atoms with Crippen LogP contribution in [0.25, 0.3) is 10.4 Å². The van der Waals surface area contributed by atoms with Crippen LogP contribution < -0.4 is 4.90 Å². The Hall–Kier alpha value is -1.32. The highest BCUT2D eigenvalue weighted by molar-refractivity contribution is 7.19. The third-order valence-electron chi connectivity index (χ3n) is 3.26. The van der Waals surface area contributed by atoms with Crippen molar-refractivity contribution in [2.24, 2.45) is 0 Å². The van der Waals surface area contributed by atoms with Gasteiger partial charge in [-0.2, -0.15) is 0 Å². The van der Waals surface area contributed by atoms with Gasteiger partial charge in [-0.25, -0.2) is 0 Å². The summed E-state index contributed by atoms with van der Waals surface area (Å²) in [5.74, 6) is 0.198. The average Bonchev–Trinajstić information content (AvgIpc) is 2.86. The molecule has 2 heterocycles. The van der Waals surface area contributed by atoms with Crippen LogP contribution in [0.1, 0.15) is 19.3 Å². The van der Waals surface area contributed by atoms with E-state index in [1.54, 1.807) is 11.3 Å². The maximum atomic E-state index is 11.9. The van der Waals surface area contributed by atoms with E-state index < -0.39 is 0 Å². The number of anilines is 1. The summed E-state index contributed by atoms with van der Waals surface area (Å²) in [7, 11) is 0. The standard InChI is InChI=1S/C15H13ClNOS/c16-14-8-7-13(19-14)11-4-3-5-12(10-11)17-9-2-1-6-15(17)18/h3-4,7-8,10H,1-2,6,9H2. The molecule has 1 aliphatic rings. The van der Waals surface area contributed by atoms with Crippen LogP contribution in [0, 0.1) is 6.07 Å². The summed E-state index contributed by atoms with van der Waals surface area (Å²) in [4.78, 5) is 14.9. The van der Waals surface area contributed by atoms with Crippen LogP contribution in [0.2, 0.25) is 4.34 Å². The maximum Gasteiger partial charge on any atom is 0.226 e. The van der Waals surface area contributed by atoms with Gasteiger partial charge in [-0.05, 0) is 36.6 Å². The number of amides is 1. The van der Waals surface area contributed by atoms with Gasteiger partial charge in [0.1, 0.15) is 0 Å². The molecule has 1 aromatic heterocycles. The fraction of sp³-hybridized carbons (Fsp3) is 0.267. The van der Waals surface area contributed by atoms with Crippen molar-refractivity contribution < 1.29 is 4.79 Å². The highest BCUT2D eigenvalue weighted by Gasteiger charge is 2.20. The van der Waals surface area contributed by atoms with E-state index >= 15 is 0 Å². The predicted octanol–water partition coefficient (Wildman–Crippen LogP) is 4.39. The van der Waals surface area contributed by atoms with E-state index in [2.05, 4.69) is 6.07 Å². The number of nitrogens with zero attached hydrogens (tertiary/aromatic N) is 1. The zero-order valence-electron chi connectivity index (χ0n) is 10.4. The molecule has 0 spiro atoms. The second-order valence-corrected chi connectivity index (χ2v) is 6.28. The summed E-state index contributed by atoms with van der Waals surface area (Å²) in [6.07, 6.45) is 2.70. The van der Waals surface area contributed by atoms with Crippen LogP contribution >= 0.6 is 22.9 Å². The summed E-state index contributed by atoms with van der Waals surface area (Å²) in [6.45, 7) is 0.796. The molecule has 1 aliphatic heterocycles. The molecule has 2 aromatic rings. The molecule has 3 rings (SSSR count). The number of hydrogen-bond acceptors (Lipinski definition) is 2. The van der Waals surface area contributed by atoms with E-state index in [1.165, 1.54) is 0 Å². The van der Waals surface area contributed by atoms with Crippen molar-refractivity contribution in [3.05, 3.63) is 40.7 Å². The Labute approximate surface area is 121 Å². The van der Waals surface area contributed by atoms with Gasteiger partial charge in [-0.15, -0.1) is 11.3 Å². The lowest BCUT2D eigenvalue weighted by Crippen LogP contribution is -2.35. The molecule has 97 valence electrons. The van der Waals surface area contributed by atoms with Gasteiger partial charge in [-0.1, -0.05) is 23.7 Å². The van der Waals surface area contributed by atoms with Crippen LogP contribution in [0.4, 0.5) is 5.69 Å². The predicted molar refractivity (Wildman–Crippen MR) is 79.8 cm³/mol. The van der Waals surface area contributed by atoms with E-state index in [9.17, 15) is 4.79 Å². The molecule has 0 bridgehead atoms. The number of piperidine rings is 1. The smallest absolute Gasteiger partial charge is 0.226 e. The molecular formula is C15H13ClNOS. The molecule has 0 N–H and O–H groups in total. The minimum absolute atomic E-state index is 0.198. The number of thiophene rings is 1. The second kappa shape index (κ2) is 5.35. The van der Waals surface area contributed by atoms with Crippen molar-refractivity contribution in [1.29, 1.82) is 0 Å². The first-order valence-electron chi connectivity index (χ1n) is 6.32. The molecular weight excluding hydrogens is 278 g/mol. The molecule has 0 atom stereocenters. The van der Waals surface area contributed by atoms with Crippen molar-refractivity contribution in [3.8, 4) is 10.4 Å². The molecule has 0 unspecified atom stereocenters. The largest absolute Gasteiger partial charge is 0.312 e. The number of carbonyl (C=O) groups excluding carboxylic acids is 1. The molecule has 0 saturated carbocycles. The molecule has 19 heavy (non-hydrogen) atoms. The molecule has 1 radical (unpaired) electrons. The van der Waals surface area contributed by atoms with Gasteiger partial charge in [0, 0.05) is 23.9 Å². The Morgan fingerprint density at radius 3 is 2.89 bits per heavy atom. The van der Waals surface area contributed by atoms with Crippen LogP contribution in [0.5, 0.6) is 0 Å². The fourth-order valence-electron chi connectivity index (χ4n) is 2.29. The lowest BCUT2D eigenvalue weighted by Gasteiger charge is -2.26. The molecule has 1 amide bonds. The van der Waals surface area contributed by atoms with Gasteiger partial charge >= 0.3 is 0 Å². The minimum atomic E-state index is 0.198. The first-order valence-corrected chi connectivity index (χ1v) is 7.51. The second-order valence-electron chi connectivity index (χ2n) is 4.57. The summed E-state index contributed by atoms with van der Waals surface area (Å²) in [5, 5.41) is 0. The quantitative estimate of drug-likeness (QED) is 0.803. The van der Waals surface area contributed by atoms with Crippen LogP contribution in [-0.2, 0) is 4.79 Å². The third kappa shape index (κ3) is 2.67. The molecule has 4 heteroatoms. The van der Waals surface area contributed by atoms with Crippen molar-refractivity contribution in [2.75, 3.05) is 11.4 Å². The fourth-order valence-corrected chi connectivity index (χ4v) is 3.33. The first kappa shape index (κ1) is 12.7. The Bertz CT molecular complexity index is 608. The first-order chi connectivity index (χ1) is 9.24. The van der Waals surface area contributed by atoms with Crippen LogP contribution in [0.15, 0.2) is 30.3 Å². The summed E-state index contributed by atoms with van der Waals surface area (Å²) in [6, 6.07) is 13.0. The number of benzene rings is 1. The highest BCUT2D eigenvalue weighted by Crippen LogP contribution is 2.33. The zero-order chi connectivity index (χ0) is 13.2. The number of halogens is 1. The highest BCUT2D eigenvalue weighted by atomic mass is 35.5. The number of rotatable bonds is 2. The molecule has 1 aromatic carbocycles. The monoisotopic (exact) mass is 290 g/mol. The Morgan fingerprint density at radius 2 is 2.16 bits per heavy atom. The van der Waals surface area contributed by atoms with Gasteiger partial charge in [0.2, 0.25) is 5.91 Å². The minimum Gasteiger partial charge on any atom is -0.312 e. The third-order valence-corrected chi connectivity index (χ3v) is 4.54. The topological polar surface area (TPSA) is 20.3 Å². The van der Waals surface area contributed by atoms with Gasteiger partial charge < -0.3 is 4.90 Å². The van der Waals surface area contributed by atoms with E-state index in [0.29, 0.717) is 6.42 Å². The average molecular weight is 291 g/mol. The Balaban J connectivity index is 1.93. The van der Waals surface area contributed by atoms with Gasteiger partial charge in [0.15, 0.2) is 0 Å². The lowest BCUT2D eigenvalue weighted by molar-refractivity contribution is -0.119. The normalized spacial score (nSPS) is 15.8. The molecule has 2 nitrogen and oxygen atoms in total. The SMILES string of the molecule is O=C1CCCCN1c1[c]ccc(-c2ccc(Cl)s2)c1. The summed E-state index contributed by atoms with van der Waals surface area (Å²) >= 11 is 7.51. The van der Waals surface area contributed by atoms with Crippen LogP contribution in [-0.4, -0.2) is 12.5 Å². The zero-order valence-corrected chi connectivity index (χ0v) is 11.9. The lowest BCUT2D eigenvalue weighted by atomic mass is 10.1. The van der Waals surface area contributed by atoms with Crippen molar-refractivity contribution in [1.82, 2.24) is 0 Å². The summed E-state index contributed by atoms with van der Waals surface area (Å²) < 4.78 is 0.776. The van der Waals surface area contributed by atoms with Gasteiger partial charge in [0.05, 0.1) is 10.0 Å². The Kier molecular flexibility index (Phi) is 3.58.